The van der Waals surface area contributed by atoms with Crippen molar-refractivity contribution in [3.63, 3.8) is 0 Å². The summed E-state index contributed by atoms with van der Waals surface area (Å²) in [5.74, 6) is 0.604. The minimum atomic E-state index is -0.777. The van der Waals surface area contributed by atoms with Crippen LogP contribution in [0.15, 0.2) is 0 Å². The molecule has 0 aromatic carbocycles. The Morgan fingerprint density at radius 2 is 2.14 bits per heavy atom. The molecule has 3 aliphatic carbocycles. The smallest absolute Gasteiger partial charge is 0.139 e. The van der Waals surface area contributed by atoms with E-state index in [4.69, 9.17) is 11.6 Å². The zero-order chi connectivity index (χ0) is 10.0. The summed E-state index contributed by atoms with van der Waals surface area (Å²) in [6.45, 7) is 0.0978. The third-order valence-electron chi connectivity index (χ3n) is 5.18. The van der Waals surface area contributed by atoms with Crippen LogP contribution in [-0.4, -0.2) is 16.6 Å². The first kappa shape index (κ1) is 9.00. The molecule has 0 saturated heterocycles. The molecule has 3 atom stereocenters. The van der Waals surface area contributed by atoms with E-state index < -0.39 is 4.87 Å². The first-order chi connectivity index (χ1) is 6.64. The van der Waals surface area contributed by atoms with Crippen molar-refractivity contribution in [2.45, 2.75) is 37.0 Å². The van der Waals surface area contributed by atoms with Gasteiger partial charge in [-0.2, -0.15) is 5.26 Å². The number of hydrogen-bond donors (Lipinski definition) is 1. The molecule has 2 nitrogen and oxygen atoms in total. The molecule has 0 radical (unpaired) electrons. The average molecular weight is 212 g/mol. The summed E-state index contributed by atoms with van der Waals surface area (Å²) < 4.78 is 0. The third-order valence-corrected chi connectivity index (χ3v) is 5.78. The van der Waals surface area contributed by atoms with Crippen LogP contribution in [0.4, 0.5) is 0 Å². The van der Waals surface area contributed by atoms with Gasteiger partial charge in [0.1, 0.15) is 4.87 Å². The van der Waals surface area contributed by atoms with Crippen molar-refractivity contribution in [2.75, 3.05) is 6.61 Å². The molecule has 0 unspecified atom stereocenters. The summed E-state index contributed by atoms with van der Waals surface area (Å²) in [7, 11) is 0. The van der Waals surface area contributed by atoms with Gasteiger partial charge in [0.15, 0.2) is 0 Å². The molecule has 3 saturated carbocycles. The summed E-state index contributed by atoms with van der Waals surface area (Å²) in [4.78, 5) is -0.777. The third kappa shape index (κ3) is 0.647. The second-order valence-electron chi connectivity index (χ2n) is 5.25. The molecule has 3 aliphatic rings. The Balaban J connectivity index is 2.14. The van der Waals surface area contributed by atoms with Gasteiger partial charge < -0.3 is 5.11 Å². The molecule has 3 heteroatoms. The predicted molar refractivity (Wildman–Crippen MR) is 52.7 cm³/mol. The zero-order valence-corrected chi connectivity index (χ0v) is 8.85. The van der Waals surface area contributed by atoms with Crippen LogP contribution in [-0.2, 0) is 0 Å². The van der Waals surface area contributed by atoms with Gasteiger partial charge in [0.2, 0.25) is 0 Å². The van der Waals surface area contributed by atoms with Crippen molar-refractivity contribution in [1.82, 2.24) is 0 Å². The number of nitriles is 1. The van der Waals surface area contributed by atoms with Gasteiger partial charge in [-0.25, -0.2) is 0 Å². The second-order valence-corrected chi connectivity index (χ2v) is 5.89. The van der Waals surface area contributed by atoms with Crippen LogP contribution in [0.5, 0.6) is 0 Å². The Morgan fingerprint density at radius 3 is 2.64 bits per heavy atom. The standard InChI is InChI=1S/C11H14ClNO/c12-11(6-13)5-8-1-2-10(11,7-14)9(8)3-4-9/h8,14H,1-5,7H2/t8-,10+,11-/m1/s1. The summed E-state index contributed by atoms with van der Waals surface area (Å²) in [6, 6.07) is 2.26. The minimum absolute atomic E-state index is 0.0978. The summed E-state index contributed by atoms with van der Waals surface area (Å²) >= 11 is 6.41. The first-order valence-corrected chi connectivity index (χ1v) is 5.73. The van der Waals surface area contributed by atoms with E-state index in [2.05, 4.69) is 6.07 Å². The van der Waals surface area contributed by atoms with E-state index >= 15 is 0 Å². The second kappa shape index (κ2) is 2.28. The van der Waals surface area contributed by atoms with Gasteiger partial charge in [0, 0.05) is 5.41 Å². The molecule has 0 amide bonds. The Morgan fingerprint density at radius 1 is 1.43 bits per heavy atom. The Kier molecular flexibility index (Phi) is 1.47. The number of aliphatic hydroxyl groups is 1. The number of halogens is 1. The number of nitrogens with zero attached hydrogens (tertiary/aromatic N) is 1. The maximum Gasteiger partial charge on any atom is 0.139 e. The largest absolute Gasteiger partial charge is 0.396 e. The summed E-state index contributed by atoms with van der Waals surface area (Å²) in [5, 5.41) is 18.9. The van der Waals surface area contributed by atoms with Crippen molar-refractivity contribution in [3.8, 4) is 6.07 Å². The van der Waals surface area contributed by atoms with Gasteiger partial charge >= 0.3 is 0 Å². The molecule has 76 valence electrons. The van der Waals surface area contributed by atoms with E-state index in [1.54, 1.807) is 0 Å². The van der Waals surface area contributed by atoms with Crippen LogP contribution in [0.3, 0.4) is 0 Å². The molecule has 0 aromatic heterocycles. The monoisotopic (exact) mass is 211 g/mol. The fraction of sp³-hybridized carbons (Fsp3) is 0.909. The topological polar surface area (TPSA) is 44.0 Å². The molecule has 1 N–H and O–H groups in total. The molecular formula is C11H14ClNO. The number of aliphatic hydroxyl groups excluding tert-OH is 1. The normalized spacial score (nSPS) is 52.2. The van der Waals surface area contributed by atoms with Crippen molar-refractivity contribution < 1.29 is 5.11 Å². The molecule has 0 aromatic rings. The lowest BCUT2D eigenvalue weighted by Gasteiger charge is -2.38. The Labute approximate surface area is 88.9 Å². The Bertz CT molecular complexity index is 333. The van der Waals surface area contributed by atoms with E-state index in [1.807, 2.05) is 0 Å². The lowest BCUT2D eigenvalue weighted by molar-refractivity contribution is 0.0692. The highest BCUT2D eigenvalue weighted by Gasteiger charge is 2.78. The highest BCUT2D eigenvalue weighted by atomic mass is 35.5. The van der Waals surface area contributed by atoms with Gasteiger partial charge in [0.25, 0.3) is 0 Å². The van der Waals surface area contributed by atoms with E-state index in [0.717, 1.165) is 19.3 Å². The number of alkyl halides is 1. The molecule has 3 fully saturated rings. The molecule has 2 bridgehead atoms. The Hall–Kier alpha value is -0.260. The number of hydrogen-bond acceptors (Lipinski definition) is 2. The van der Waals surface area contributed by atoms with Gasteiger partial charge in [0.05, 0.1) is 12.7 Å². The highest BCUT2D eigenvalue weighted by molar-refractivity contribution is 6.27. The molecule has 0 heterocycles. The average Bonchev–Trinajstić information content (AvgIpc) is 2.89. The first-order valence-electron chi connectivity index (χ1n) is 5.35. The molecule has 0 aliphatic heterocycles. The van der Waals surface area contributed by atoms with Gasteiger partial charge in [-0.1, -0.05) is 0 Å². The maximum absolute atomic E-state index is 9.65. The van der Waals surface area contributed by atoms with Crippen molar-refractivity contribution in [2.24, 2.45) is 16.7 Å². The zero-order valence-electron chi connectivity index (χ0n) is 8.09. The minimum Gasteiger partial charge on any atom is -0.396 e. The lowest BCUT2D eigenvalue weighted by atomic mass is 9.70. The maximum atomic E-state index is 9.65. The molecule has 1 spiro atoms. The summed E-state index contributed by atoms with van der Waals surface area (Å²) in [6.07, 6.45) is 5.26. The van der Waals surface area contributed by atoms with Crippen LogP contribution in [0.1, 0.15) is 32.1 Å². The van der Waals surface area contributed by atoms with Gasteiger partial charge in [-0.05, 0) is 43.4 Å². The molecule has 3 rings (SSSR count). The summed E-state index contributed by atoms with van der Waals surface area (Å²) in [5.41, 5.74) is -0.0276. The van der Waals surface area contributed by atoms with Crippen molar-refractivity contribution >= 4 is 11.6 Å². The SMILES string of the molecule is N#C[C@]1(Cl)C[C@H]2CC[C@]1(CO)C21CC1. The van der Waals surface area contributed by atoms with Gasteiger partial charge in [-0.15, -0.1) is 11.6 Å². The van der Waals surface area contributed by atoms with Crippen LogP contribution in [0.25, 0.3) is 0 Å². The lowest BCUT2D eigenvalue weighted by Crippen LogP contribution is -2.45. The van der Waals surface area contributed by atoms with Crippen LogP contribution in [0.2, 0.25) is 0 Å². The van der Waals surface area contributed by atoms with Crippen molar-refractivity contribution in [3.05, 3.63) is 0 Å². The van der Waals surface area contributed by atoms with Crippen LogP contribution >= 0.6 is 11.6 Å². The molecule has 14 heavy (non-hydrogen) atoms. The van der Waals surface area contributed by atoms with Crippen molar-refractivity contribution in [1.29, 1.82) is 5.26 Å². The molecular weight excluding hydrogens is 198 g/mol. The number of rotatable bonds is 1. The van der Waals surface area contributed by atoms with Crippen LogP contribution in [0, 0.1) is 28.1 Å². The highest BCUT2D eigenvalue weighted by Crippen LogP contribution is 2.81. The quantitative estimate of drug-likeness (QED) is 0.675. The predicted octanol–water partition coefficient (Wildman–Crippen LogP) is 2.06. The van der Waals surface area contributed by atoms with E-state index in [1.165, 1.54) is 12.8 Å². The fourth-order valence-electron chi connectivity index (χ4n) is 4.30. The fourth-order valence-corrected chi connectivity index (χ4v) is 4.83. The van der Waals surface area contributed by atoms with E-state index in [9.17, 15) is 10.4 Å². The van der Waals surface area contributed by atoms with Gasteiger partial charge in [-0.3, -0.25) is 0 Å². The van der Waals surface area contributed by atoms with E-state index in [0.29, 0.717) is 5.92 Å². The van der Waals surface area contributed by atoms with Crippen LogP contribution < -0.4 is 0 Å². The van der Waals surface area contributed by atoms with E-state index in [-0.39, 0.29) is 17.4 Å².